The highest BCUT2D eigenvalue weighted by atomic mass is 19.3. The fourth-order valence-corrected chi connectivity index (χ4v) is 1.54. The van der Waals surface area contributed by atoms with Crippen molar-refractivity contribution >= 4 is 5.91 Å². The maximum atomic E-state index is 11.9. The third-order valence-corrected chi connectivity index (χ3v) is 2.59. The summed E-state index contributed by atoms with van der Waals surface area (Å²) in [6.07, 6.45) is -1.27. The first kappa shape index (κ1) is 15.3. The van der Waals surface area contributed by atoms with Crippen LogP contribution in [0, 0.1) is 0 Å². The van der Waals surface area contributed by atoms with Crippen molar-refractivity contribution in [3.63, 3.8) is 0 Å². The highest BCUT2D eigenvalue weighted by molar-refractivity contribution is 5.79. The maximum Gasteiger partial charge on any atom is 0.315 e. The predicted octanol–water partition coefficient (Wildman–Crippen LogP) is 1.88. The zero-order valence-electron chi connectivity index (χ0n) is 10.3. The van der Waals surface area contributed by atoms with Crippen LogP contribution in [0.2, 0.25) is 0 Å². The zero-order valence-corrected chi connectivity index (χ0v) is 10.3. The van der Waals surface area contributed by atoms with E-state index in [4.69, 9.17) is 0 Å². The molecule has 0 aromatic carbocycles. The second-order valence-electron chi connectivity index (χ2n) is 3.88. The topological polar surface area (TPSA) is 32.3 Å². The highest BCUT2D eigenvalue weighted by Crippen LogP contribution is 2.01. The van der Waals surface area contributed by atoms with E-state index in [1.807, 2.05) is 0 Å². The summed E-state index contributed by atoms with van der Waals surface area (Å²) in [5, 5.41) is 2.28. The maximum absolute atomic E-state index is 11.9. The Morgan fingerprint density at radius 3 is 2.31 bits per heavy atom. The van der Waals surface area contributed by atoms with Crippen LogP contribution < -0.4 is 5.32 Å². The Morgan fingerprint density at radius 1 is 1.31 bits per heavy atom. The second-order valence-corrected chi connectivity index (χ2v) is 3.88. The molecule has 0 saturated heterocycles. The Kier molecular flexibility index (Phi) is 8.07. The van der Waals surface area contributed by atoms with Crippen molar-refractivity contribution in [3.8, 4) is 0 Å². The van der Waals surface area contributed by atoms with E-state index in [0.717, 1.165) is 32.5 Å². The number of rotatable bonds is 8. The third kappa shape index (κ3) is 6.71. The number of hydrogen-bond acceptors (Lipinski definition) is 2. The van der Waals surface area contributed by atoms with E-state index in [0.29, 0.717) is 0 Å². The van der Waals surface area contributed by atoms with Gasteiger partial charge in [-0.25, -0.2) is 0 Å². The second kappa shape index (κ2) is 8.44. The average Bonchev–Trinajstić information content (AvgIpc) is 2.24. The molecule has 0 bridgehead atoms. The lowest BCUT2D eigenvalue weighted by Gasteiger charge is -2.19. The molecule has 0 aliphatic rings. The summed E-state index contributed by atoms with van der Waals surface area (Å²) in [6.45, 7) is 8.87. The smallest absolute Gasteiger partial charge is 0.315 e. The third-order valence-electron chi connectivity index (χ3n) is 2.59. The standard InChI is InChI=1S/C11H22F2N2O/c1-4-15(5-2)8-6-7-9(3)14-11(16)10(12)13/h9-10H,4-8H2,1-3H3,(H,14,16). The summed E-state index contributed by atoms with van der Waals surface area (Å²) in [6, 6.07) is -0.183. The summed E-state index contributed by atoms with van der Waals surface area (Å²) >= 11 is 0. The number of nitrogens with one attached hydrogen (secondary N) is 1. The molecule has 5 heteroatoms. The van der Waals surface area contributed by atoms with Gasteiger partial charge in [-0.1, -0.05) is 13.8 Å². The van der Waals surface area contributed by atoms with Crippen LogP contribution in [0.5, 0.6) is 0 Å². The van der Waals surface area contributed by atoms with E-state index in [1.165, 1.54) is 0 Å². The van der Waals surface area contributed by atoms with Crippen LogP contribution in [0.1, 0.15) is 33.6 Å². The minimum absolute atomic E-state index is 0.183. The van der Waals surface area contributed by atoms with Gasteiger partial charge in [0.1, 0.15) is 0 Å². The normalized spacial score (nSPS) is 13.2. The number of hydrogen-bond donors (Lipinski definition) is 1. The first-order valence-corrected chi connectivity index (χ1v) is 5.82. The van der Waals surface area contributed by atoms with Crippen LogP contribution in [-0.2, 0) is 4.79 Å². The van der Waals surface area contributed by atoms with Crippen molar-refractivity contribution in [2.75, 3.05) is 19.6 Å². The lowest BCUT2D eigenvalue weighted by Crippen LogP contribution is -2.37. The molecule has 0 spiro atoms. The number of carbonyl (C=O) groups is 1. The molecule has 1 amide bonds. The first-order chi connectivity index (χ1) is 7.51. The number of nitrogens with zero attached hydrogens (tertiary/aromatic N) is 1. The van der Waals surface area contributed by atoms with Gasteiger partial charge in [0.05, 0.1) is 0 Å². The quantitative estimate of drug-likeness (QED) is 0.698. The molecule has 0 rings (SSSR count). The summed E-state index contributed by atoms with van der Waals surface area (Å²) in [5.41, 5.74) is 0. The van der Waals surface area contributed by atoms with E-state index in [-0.39, 0.29) is 6.04 Å². The van der Waals surface area contributed by atoms with Crippen molar-refractivity contribution in [2.24, 2.45) is 0 Å². The predicted molar refractivity (Wildman–Crippen MR) is 60.6 cm³/mol. The average molecular weight is 236 g/mol. The van der Waals surface area contributed by atoms with Gasteiger partial charge in [0.25, 0.3) is 5.91 Å². The molecule has 0 aromatic heterocycles. The molecule has 0 radical (unpaired) electrons. The molecule has 0 saturated carbocycles. The van der Waals surface area contributed by atoms with E-state index < -0.39 is 12.3 Å². The van der Waals surface area contributed by atoms with Crippen LogP contribution in [0.3, 0.4) is 0 Å². The minimum Gasteiger partial charge on any atom is -0.349 e. The minimum atomic E-state index is -2.91. The molecular formula is C11H22F2N2O. The highest BCUT2D eigenvalue weighted by Gasteiger charge is 2.16. The van der Waals surface area contributed by atoms with Crippen molar-refractivity contribution in [1.29, 1.82) is 0 Å². The lowest BCUT2D eigenvalue weighted by atomic mass is 10.1. The Bertz CT molecular complexity index is 196. The lowest BCUT2D eigenvalue weighted by molar-refractivity contribution is -0.132. The van der Waals surface area contributed by atoms with Crippen LogP contribution >= 0.6 is 0 Å². The SMILES string of the molecule is CCN(CC)CCCC(C)NC(=O)C(F)F. The van der Waals surface area contributed by atoms with E-state index >= 15 is 0 Å². The van der Waals surface area contributed by atoms with E-state index in [9.17, 15) is 13.6 Å². The molecule has 16 heavy (non-hydrogen) atoms. The fraction of sp³-hybridized carbons (Fsp3) is 0.909. The molecule has 1 N–H and O–H groups in total. The number of halogens is 2. The molecule has 1 unspecified atom stereocenters. The van der Waals surface area contributed by atoms with Gasteiger partial charge in [-0.3, -0.25) is 4.79 Å². The van der Waals surface area contributed by atoms with Crippen molar-refractivity contribution in [3.05, 3.63) is 0 Å². The monoisotopic (exact) mass is 236 g/mol. The summed E-state index contributed by atoms with van der Waals surface area (Å²) in [7, 11) is 0. The molecular weight excluding hydrogens is 214 g/mol. The molecule has 0 fully saturated rings. The van der Waals surface area contributed by atoms with Crippen molar-refractivity contribution in [1.82, 2.24) is 10.2 Å². The van der Waals surface area contributed by atoms with Crippen LogP contribution in [0.15, 0.2) is 0 Å². The number of alkyl halides is 2. The van der Waals surface area contributed by atoms with Gasteiger partial charge < -0.3 is 10.2 Å². The molecule has 96 valence electrons. The summed E-state index contributed by atoms with van der Waals surface area (Å²) in [4.78, 5) is 13.0. The number of carbonyl (C=O) groups excluding carboxylic acids is 1. The molecule has 0 aromatic rings. The number of amides is 1. The van der Waals surface area contributed by atoms with Gasteiger partial charge >= 0.3 is 6.43 Å². The Hall–Kier alpha value is -0.710. The first-order valence-electron chi connectivity index (χ1n) is 5.82. The van der Waals surface area contributed by atoms with Crippen molar-refractivity contribution in [2.45, 2.75) is 46.1 Å². The summed E-state index contributed by atoms with van der Waals surface area (Å²) in [5.74, 6) is -1.17. The van der Waals surface area contributed by atoms with Gasteiger partial charge in [-0.2, -0.15) is 8.78 Å². The van der Waals surface area contributed by atoms with Gasteiger partial charge in [0, 0.05) is 6.04 Å². The van der Waals surface area contributed by atoms with Gasteiger partial charge in [-0.15, -0.1) is 0 Å². The Morgan fingerprint density at radius 2 is 1.88 bits per heavy atom. The van der Waals surface area contributed by atoms with Gasteiger partial charge in [0.2, 0.25) is 0 Å². The zero-order chi connectivity index (χ0) is 12.6. The Labute approximate surface area is 96.2 Å². The fourth-order valence-electron chi connectivity index (χ4n) is 1.54. The molecule has 0 aliphatic heterocycles. The molecule has 1 atom stereocenters. The molecule has 3 nitrogen and oxygen atoms in total. The summed E-state index contributed by atoms with van der Waals surface area (Å²) < 4.78 is 23.9. The van der Waals surface area contributed by atoms with E-state index in [2.05, 4.69) is 24.1 Å². The molecule has 0 aliphatic carbocycles. The van der Waals surface area contributed by atoms with Gasteiger partial charge in [0.15, 0.2) is 0 Å². The van der Waals surface area contributed by atoms with Gasteiger partial charge in [-0.05, 0) is 39.4 Å². The van der Waals surface area contributed by atoms with Crippen LogP contribution in [0.4, 0.5) is 8.78 Å². The van der Waals surface area contributed by atoms with E-state index in [1.54, 1.807) is 6.92 Å². The van der Waals surface area contributed by atoms with Crippen LogP contribution in [0.25, 0.3) is 0 Å². The van der Waals surface area contributed by atoms with Crippen molar-refractivity contribution < 1.29 is 13.6 Å². The molecule has 0 heterocycles. The Balaban J connectivity index is 3.65. The largest absolute Gasteiger partial charge is 0.349 e. The van der Waals surface area contributed by atoms with Crippen LogP contribution in [-0.4, -0.2) is 42.9 Å².